The fraction of sp³-hybridized carbons (Fsp3) is 0.650. The molecule has 0 heterocycles. The minimum absolute atomic E-state index is 0.0283. The van der Waals surface area contributed by atoms with Crippen molar-refractivity contribution in [3.63, 3.8) is 0 Å². The first-order chi connectivity index (χ1) is 11.0. The summed E-state index contributed by atoms with van der Waals surface area (Å²) in [5, 5.41) is 32.1. The number of fused-ring (bicyclic) bond motifs is 3. The zero-order chi connectivity index (χ0) is 18.0. The largest absolute Gasteiger partial charge is 0.504 e. The Bertz CT molecular complexity index is 704. The van der Waals surface area contributed by atoms with Gasteiger partial charge < -0.3 is 15.3 Å². The molecule has 1 aromatic carbocycles. The quantitative estimate of drug-likeness (QED) is 0.682. The van der Waals surface area contributed by atoms with Gasteiger partial charge >= 0.3 is 0 Å². The number of carbonyl (C=O) groups is 1. The second-order valence-corrected chi connectivity index (χ2v) is 8.79. The van der Waals surface area contributed by atoms with E-state index in [1.165, 1.54) is 0 Å². The average molecular weight is 332 g/mol. The maximum absolute atomic E-state index is 12.9. The number of rotatable bonds is 1. The number of aromatic hydroxyl groups is 2. The SMILES string of the molecule is CC(C)c1cc2c(c(O)c1O)C1(C)CCCC(C)(C)C1C(O)C2=O. The number of phenols is 2. The fourth-order valence-electron chi connectivity index (χ4n) is 5.34. The van der Waals surface area contributed by atoms with E-state index in [4.69, 9.17) is 0 Å². The van der Waals surface area contributed by atoms with Crippen LogP contribution in [0.1, 0.15) is 81.3 Å². The highest BCUT2D eigenvalue weighted by Gasteiger charge is 2.57. The van der Waals surface area contributed by atoms with Gasteiger partial charge in [0, 0.05) is 28.0 Å². The van der Waals surface area contributed by atoms with Crippen molar-refractivity contribution in [1.29, 1.82) is 0 Å². The van der Waals surface area contributed by atoms with Crippen molar-refractivity contribution in [2.24, 2.45) is 11.3 Å². The molecule has 1 saturated carbocycles. The molecule has 3 atom stereocenters. The van der Waals surface area contributed by atoms with Crippen molar-refractivity contribution in [3.8, 4) is 11.5 Å². The van der Waals surface area contributed by atoms with Crippen LogP contribution in [0.3, 0.4) is 0 Å². The van der Waals surface area contributed by atoms with Crippen LogP contribution in [-0.4, -0.2) is 27.2 Å². The Morgan fingerprint density at radius 2 is 1.75 bits per heavy atom. The van der Waals surface area contributed by atoms with Crippen LogP contribution in [0.15, 0.2) is 6.07 Å². The average Bonchev–Trinajstić information content (AvgIpc) is 2.46. The third-order valence-corrected chi connectivity index (χ3v) is 6.39. The molecule has 3 unspecified atom stereocenters. The van der Waals surface area contributed by atoms with Gasteiger partial charge in [0.05, 0.1) is 0 Å². The van der Waals surface area contributed by atoms with Gasteiger partial charge in [0.1, 0.15) is 6.10 Å². The number of benzene rings is 1. The van der Waals surface area contributed by atoms with Gasteiger partial charge in [-0.3, -0.25) is 4.79 Å². The lowest BCUT2D eigenvalue weighted by atomic mass is 9.49. The molecular formula is C20H28O4. The minimum atomic E-state index is -1.07. The fourth-order valence-corrected chi connectivity index (χ4v) is 5.34. The van der Waals surface area contributed by atoms with Gasteiger partial charge in [0.2, 0.25) is 0 Å². The molecule has 2 aliphatic rings. The van der Waals surface area contributed by atoms with E-state index >= 15 is 0 Å². The molecule has 0 spiro atoms. The van der Waals surface area contributed by atoms with E-state index in [-0.39, 0.29) is 34.5 Å². The first-order valence-electron chi connectivity index (χ1n) is 8.84. The Hall–Kier alpha value is -1.55. The topological polar surface area (TPSA) is 77.8 Å². The van der Waals surface area contributed by atoms with E-state index in [0.29, 0.717) is 16.7 Å². The summed E-state index contributed by atoms with van der Waals surface area (Å²) in [7, 11) is 0. The van der Waals surface area contributed by atoms with Crippen LogP contribution in [0.2, 0.25) is 0 Å². The number of aliphatic hydroxyl groups excluding tert-OH is 1. The standard InChI is InChI=1S/C20H28O4/c1-10(2)11-9-12-13(16(23)14(11)21)20(5)8-6-7-19(3,4)18(20)17(24)15(12)22/h9-10,17-18,21,23-24H,6-8H2,1-5H3. The highest BCUT2D eigenvalue weighted by Crippen LogP contribution is 2.60. The van der Waals surface area contributed by atoms with E-state index in [1.54, 1.807) is 6.07 Å². The number of hydrogen-bond acceptors (Lipinski definition) is 4. The van der Waals surface area contributed by atoms with E-state index < -0.39 is 11.5 Å². The summed E-state index contributed by atoms with van der Waals surface area (Å²) in [5.41, 5.74) is 0.708. The second-order valence-electron chi connectivity index (χ2n) is 8.79. The van der Waals surface area contributed by atoms with Crippen LogP contribution in [0.5, 0.6) is 11.5 Å². The lowest BCUT2D eigenvalue weighted by molar-refractivity contribution is -0.0396. The van der Waals surface area contributed by atoms with E-state index in [0.717, 1.165) is 19.3 Å². The molecule has 2 aliphatic carbocycles. The van der Waals surface area contributed by atoms with Crippen molar-refractivity contribution in [2.75, 3.05) is 0 Å². The number of carbonyl (C=O) groups excluding carboxylic acids is 1. The maximum atomic E-state index is 12.9. The van der Waals surface area contributed by atoms with Gasteiger partial charge in [-0.05, 0) is 30.2 Å². The Morgan fingerprint density at radius 1 is 1.12 bits per heavy atom. The number of phenolic OH excluding ortho intramolecular Hbond substituents is 2. The lowest BCUT2D eigenvalue weighted by Gasteiger charge is -2.55. The number of hydrogen-bond donors (Lipinski definition) is 3. The summed E-state index contributed by atoms with van der Waals surface area (Å²) in [6, 6.07) is 1.67. The smallest absolute Gasteiger partial charge is 0.192 e. The molecule has 3 N–H and O–H groups in total. The van der Waals surface area contributed by atoms with Gasteiger partial charge in [-0.2, -0.15) is 0 Å². The van der Waals surface area contributed by atoms with Gasteiger partial charge in [-0.1, -0.05) is 41.0 Å². The van der Waals surface area contributed by atoms with Crippen molar-refractivity contribution in [2.45, 2.75) is 71.3 Å². The summed E-state index contributed by atoms with van der Waals surface area (Å²) >= 11 is 0. The third-order valence-electron chi connectivity index (χ3n) is 6.39. The van der Waals surface area contributed by atoms with Crippen molar-refractivity contribution in [3.05, 3.63) is 22.8 Å². The molecule has 3 rings (SSSR count). The zero-order valence-corrected chi connectivity index (χ0v) is 15.2. The molecule has 132 valence electrons. The minimum Gasteiger partial charge on any atom is -0.504 e. The van der Waals surface area contributed by atoms with Gasteiger partial charge in [0.15, 0.2) is 17.3 Å². The predicted molar refractivity (Wildman–Crippen MR) is 92.7 cm³/mol. The Morgan fingerprint density at radius 3 is 2.33 bits per heavy atom. The van der Waals surface area contributed by atoms with E-state index in [1.807, 2.05) is 20.8 Å². The molecule has 0 radical (unpaired) electrons. The summed E-state index contributed by atoms with van der Waals surface area (Å²) in [4.78, 5) is 12.9. The molecule has 0 aliphatic heterocycles. The van der Waals surface area contributed by atoms with Crippen LogP contribution in [0.25, 0.3) is 0 Å². The monoisotopic (exact) mass is 332 g/mol. The number of aliphatic hydroxyl groups is 1. The van der Waals surface area contributed by atoms with E-state index in [9.17, 15) is 20.1 Å². The first kappa shape index (κ1) is 17.3. The van der Waals surface area contributed by atoms with Gasteiger partial charge in [-0.25, -0.2) is 0 Å². The first-order valence-corrected chi connectivity index (χ1v) is 8.84. The van der Waals surface area contributed by atoms with Crippen molar-refractivity contribution >= 4 is 5.78 Å². The van der Waals surface area contributed by atoms with Crippen LogP contribution < -0.4 is 0 Å². The van der Waals surface area contributed by atoms with Gasteiger partial charge in [-0.15, -0.1) is 0 Å². The normalized spacial score (nSPS) is 31.7. The highest BCUT2D eigenvalue weighted by molar-refractivity contribution is 6.04. The molecule has 4 heteroatoms. The molecule has 4 nitrogen and oxygen atoms in total. The van der Waals surface area contributed by atoms with Gasteiger partial charge in [0.25, 0.3) is 0 Å². The molecule has 1 aromatic rings. The van der Waals surface area contributed by atoms with Crippen LogP contribution >= 0.6 is 0 Å². The lowest BCUT2D eigenvalue weighted by Crippen LogP contribution is -2.56. The Kier molecular flexibility index (Phi) is 3.76. The van der Waals surface area contributed by atoms with Crippen molar-refractivity contribution in [1.82, 2.24) is 0 Å². The third kappa shape index (κ3) is 2.12. The Labute approximate surface area is 143 Å². The zero-order valence-electron chi connectivity index (χ0n) is 15.2. The number of ketones is 1. The molecule has 0 amide bonds. The highest BCUT2D eigenvalue weighted by atomic mass is 16.3. The number of Topliss-reactive ketones (excluding diaryl/α,β-unsaturated/α-hetero) is 1. The van der Waals surface area contributed by atoms with Crippen LogP contribution in [0.4, 0.5) is 0 Å². The molecule has 1 fully saturated rings. The predicted octanol–water partition coefficient (Wildman–Crippen LogP) is 3.86. The molecule has 0 saturated heterocycles. The molecule has 0 aromatic heterocycles. The van der Waals surface area contributed by atoms with E-state index in [2.05, 4.69) is 13.8 Å². The molecule has 0 bridgehead atoms. The molecule has 24 heavy (non-hydrogen) atoms. The summed E-state index contributed by atoms with van der Waals surface area (Å²) in [5.74, 6) is -0.939. The molecular weight excluding hydrogens is 304 g/mol. The summed E-state index contributed by atoms with van der Waals surface area (Å²) < 4.78 is 0. The summed E-state index contributed by atoms with van der Waals surface area (Å²) in [6.45, 7) is 9.98. The second kappa shape index (κ2) is 5.22. The Balaban J connectivity index is 2.34. The summed E-state index contributed by atoms with van der Waals surface area (Å²) in [6.07, 6.45) is 1.62. The van der Waals surface area contributed by atoms with Crippen molar-refractivity contribution < 1.29 is 20.1 Å². The maximum Gasteiger partial charge on any atom is 0.192 e. The van der Waals surface area contributed by atoms with Crippen LogP contribution in [-0.2, 0) is 5.41 Å². The van der Waals surface area contributed by atoms with Crippen LogP contribution in [0, 0.1) is 11.3 Å².